The van der Waals surface area contributed by atoms with E-state index in [1.807, 2.05) is 30.4 Å². The second-order valence-corrected chi connectivity index (χ2v) is 8.82. The maximum Gasteiger partial charge on any atom is 0.319 e. The van der Waals surface area contributed by atoms with Crippen LogP contribution in [0.2, 0.25) is 0 Å². The van der Waals surface area contributed by atoms with Gasteiger partial charge in [-0.3, -0.25) is 10.2 Å². The van der Waals surface area contributed by atoms with E-state index in [0.29, 0.717) is 16.7 Å². The molecule has 3 N–H and O–H groups in total. The molecular weight excluding hydrogens is 469 g/mol. The summed E-state index contributed by atoms with van der Waals surface area (Å²) in [6, 6.07) is 2.08. The van der Waals surface area contributed by atoms with Crippen molar-refractivity contribution < 1.29 is 22.8 Å². The summed E-state index contributed by atoms with van der Waals surface area (Å²) in [5.41, 5.74) is 2.15. The molecule has 192 valence electrons. The highest BCUT2D eigenvalue weighted by Gasteiger charge is 2.37. The summed E-state index contributed by atoms with van der Waals surface area (Å²) >= 11 is 0. The van der Waals surface area contributed by atoms with Gasteiger partial charge >= 0.3 is 6.03 Å². The number of urea groups is 1. The molecule has 1 saturated heterocycles. The zero-order valence-corrected chi connectivity index (χ0v) is 20.4. The Balaban J connectivity index is 1.70. The first-order chi connectivity index (χ1) is 17.2. The highest BCUT2D eigenvalue weighted by molar-refractivity contribution is 6.12. The van der Waals surface area contributed by atoms with E-state index >= 15 is 0 Å². The molecule has 2 aliphatic rings. The maximum absolute atomic E-state index is 14.2. The molecule has 1 aliphatic heterocycles. The third kappa shape index (κ3) is 7.29. The van der Waals surface area contributed by atoms with E-state index in [1.165, 1.54) is 17.3 Å². The van der Waals surface area contributed by atoms with E-state index in [9.17, 15) is 18.0 Å². The SMILES string of the molecule is C=C(C)C(F)CN1CC(NC(=O)N/C=C(\C)C(=N)C2=C/C=C\CC/C=C\2)[C@H](c2ccc(F)c(F)c2)O1. The lowest BCUT2D eigenvalue weighted by Gasteiger charge is -2.19. The fourth-order valence-corrected chi connectivity index (χ4v) is 3.72. The van der Waals surface area contributed by atoms with Crippen LogP contribution in [0.4, 0.5) is 18.0 Å². The van der Waals surface area contributed by atoms with Gasteiger partial charge in [0.25, 0.3) is 0 Å². The number of rotatable bonds is 8. The fourth-order valence-electron chi connectivity index (χ4n) is 3.72. The van der Waals surface area contributed by atoms with E-state index in [2.05, 4.69) is 17.2 Å². The van der Waals surface area contributed by atoms with Crippen LogP contribution in [0.5, 0.6) is 0 Å². The van der Waals surface area contributed by atoms with Gasteiger partial charge in [0.1, 0.15) is 12.3 Å². The first kappa shape index (κ1) is 27.2. The van der Waals surface area contributed by atoms with Crippen LogP contribution in [0.3, 0.4) is 0 Å². The van der Waals surface area contributed by atoms with Gasteiger partial charge < -0.3 is 10.6 Å². The van der Waals surface area contributed by atoms with E-state index < -0.39 is 36.0 Å². The molecular formula is C27H31F3N4O2. The van der Waals surface area contributed by atoms with Gasteiger partial charge in [-0.1, -0.05) is 43.0 Å². The Bertz CT molecular complexity index is 1130. The molecule has 0 saturated carbocycles. The zero-order chi connectivity index (χ0) is 26.2. The van der Waals surface area contributed by atoms with Crippen LogP contribution in [0.15, 0.2) is 78.1 Å². The van der Waals surface area contributed by atoms with Crippen molar-refractivity contribution in [3.8, 4) is 0 Å². The Kier molecular flexibility index (Phi) is 9.44. The molecule has 0 spiro atoms. The number of benzene rings is 1. The second-order valence-electron chi connectivity index (χ2n) is 8.82. The molecule has 2 amide bonds. The van der Waals surface area contributed by atoms with Crippen molar-refractivity contribution in [2.24, 2.45) is 0 Å². The average molecular weight is 501 g/mol. The summed E-state index contributed by atoms with van der Waals surface area (Å²) in [6.45, 7) is 6.86. The van der Waals surface area contributed by atoms with E-state index in [1.54, 1.807) is 13.8 Å². The Morgan fingerprint density at radius 2 is 2.03 bits per heavy atom. The summed E-state index contributed by atoms with van der Waals surface area (Å²) in [5.74, 6) is -2.05. The average Bonchev–Trinajstić information content (AvgIpc) is 3.20. The molecule has 1 fully saturated rings. The molecule has 0 aromatic heterocycles. The predicted molar refractivity (Wildman–Crippen MR) is 134 cm³/mol. The minimum atomic E-state index is -1.36. The minimum absolute atomic E-state index is 0.118. The van der Waals surface area contributed by atoms with Crippen LogP contribution in [-0.4, -0.2) is 42.1 Å². The zero-order valence-electron chi connectivity index (χ0n) is 20.4. The summed E-state index contributed by atoms with van der Waals surface area (Å²) in [6.07, 6.45) is 10.7. The first-order valence-corrected chi connectivity index (χ1v) is 11.7. The number of alkyl halides is 1. The van der Waals surface area contributed by atoms with Gasteiger partial charge in [-0.2, -0.15) is 5.06 Å². The van der Waals surface area contributed by atoms with Crippen molar-refractivity contribution in [2.45, 2.75) is 45.0 Å². The minimum Gasteiger partial charge on any atom is -0.331 e. The van der Waals surface area contributed by atoms with Crippen LogP contribution in [0, 0.1) is 17.0 Å². The van der Waals surface area contributed by atoms with Gasteiger partial charge in [0.15, 0.2) is 11.6 Å². The second kappa shape index (κ2) is 12.5. The maximum atomic E-state index is 14.2. The third-order valence-electron chi connectivity index (χ3n) is 5.83. The Labute approximate surface area is 209 Å². The van der Waals surface area contributed by atoms with Crippen molar-refractivity contribution >= 4 is 11.7 Å². The monoisotopic (exact) mass is 500 g/mol. The lowest BCUT2D eigenvalue weighted by molar-refractivity contribution is -0.154. The predicted octanol–water partition coefficient (Wildman–Crippen LogP) is 5.59. The van der Waals surface area contributed by atoms with E-state index in [4.69, 9.17) is 10.2 Å². The highest BCUT2D eigenvalue weighted by Crippen LogP contribution is 2.31. The number of halogens is 3. The van der Waals surface area contributed by atoms with Crippen molar-refractivity contribution in [1.29, 1.82) is 5.41 Å². The molecule has 3 rings (SSSR count). The molecule has 6 nitrogen and oxygen atoms in total. The van der Waals surface area contributed by atoms with Crippen LogP contribution in [-0.2, 0) is 4.84 Å². The number of hydrogen-bond acceptors (Lipinski definition) is 4. The largest absolute Gasteiger partial charge is 0.331 e. The van der Waals surface area contributed by atoms with Gasteiger partial charge in [-0.15, -0.1) is 0 Å². The van der Waals surface area contributed by atoms with Gasteiger partial charge in [0.2, 0.25) is 0 Å². The standard InChI is InChI=1S/C27H31F3N4O2/c1-17(2)23(30)15-34-16-24(26(36-34)20-11-12-21(28)22(29)13-20)33-27(35)32-14-18(3)25(31)19-9-7-5-4-6-8-10-19/h5,7-14,23-24,26,31H,1,4,6,15-16H2,2-3H3,(H2,32,33,35)/b7-5-,10-8-,18-14+,19-9+,31-25?/t23?,24?,26-/m0/s1. The van der Waals surface area contributed by atoms with Crippen LogP contribution < -0.4 is 10.6 Å². The number of hydroxylamine groups is 2. The quantitative estimate of drug-likeness (QED) is 0.322. The van der Waals surface area contributed by atoms with E-state index in [-0.39, 0.29) is 18.8 Å². The topological polar surface area (TPSA) is 77.5 Å². The summed E-state index contributed by atoms with van der Waals surface area (Å²) < 4.78 is 41.5. The Morgan fingerprint density at radius 1 is 1.28 bits per heavy atom. The van der Waals surface area contributed by atoms with Crippen LogP contribution >= 0.6 is 0 Å². The molecule has 0 bridgehead atoms. The number of hydrogen-bond donors (Lipinski definition) is 3. The normalized spacial score (nSPS) is 24.6. The van der Waals surface area contributed by atoms with Gasteiger partial charge in [0.05, 0.1) is 18.3 Å². The number of nitrogens with zero attached hydrogens (tertiary/aromatic N) is 1. The van der Waals surface area contributed by atoms with Crippen molar-refractivity contribution in [3.05, 3.63) is 95.3 Å². The number of carbonyl (C=O) groups is 1. The molecule has 3 atom stereocenters. The third-order valence-corrected chi connectivity index (χ3v) is 5.83. The molecule has 2 unspecified atom stereocenters. The number of nitrogens with one attached hydrogen (secondary N) is 3. The molecule has 36 heavy (non-hydrogen) atoms. The number of allylic oxidation sites excluding steroid dienone is 7. The Morgan fingerprint density at radius 3 is 2.75 bits per heavy atom. The summed E-state index contributed by atoms with van der Waals surface area (Å²) in [5, 5.41) is 15.1. The van der Waals surface area contributed by atoms with Crippen molar-refractivity contribution in [2.75, 3.05) is 13.1 Å². The smallest absolute Gasteiger partial charge is 0.319 e. The lowest BCUT2D eigenvalue weighted by atomic mass is 10.0. The lowest BCUT2D eigenvalue weighted by Crippen LogP contribution is -2.44. The molecule has 9 heteroatoms. The first-order valence-electron chi connectivity index (χ1n) is 11.7. The fraction of sp³-hybridized carbons (Fsp3) is 0.333. The molecule has 0 radical (unpaired) electrons. The molecule has 1 heterocycles. The number of carbonyl (C=O) groups excluding carboxylic acids is 1. The summed E-state index contributed by atoms with van der Waals surface area (Å²) in [4.78, 5) is 18.5. The Hall–Kier alpha value is -3.43. The number of amides is 2. The molecule has 1 aromatic carbocycles. The van der Waals surface area contributed by atoms with Crippen molar-refractivity contribution in [1.82, 2.24) is 15.7 Å². The summed E-state index contributed by atoms with van der Waals surface area (Å²) in [7, 11) is 0. The van der Waals surface area contributed by atoms with Crippen LogP contribution in [0.1, 0.15) is 38.4 Å². The molecule has 1 aliphatic carbocycles. The van der Waals surface area contributed by atoms with Gasteiger partial charge in [-0.25, -0.2) is 18.0 Å². The van der Waals surface area contributed by atoms with Gasteiger partial charge in [-0.05, 0) is 61.1 Å². The van der Waals surface area contributed by atoms with Gasteiger partial charge in [0, 0.05) is 12.7 Å². The van der Waals surface area contributed by atoms with E-state index in [0.717, 1.165) is 30.5 Å². The van der Waals surface area contributed by atoms with Crippen molar-refractivity contribution in [3.63, 3.8) is 0 Å². The van der Waals surface area contributed by atoms with Crippen LogP contribution in [0.25, 0.3) is 0 Å². The molecule has 1 aromatic rings. The highest BCUT2D eigenvalue weighted by atomic mass is 19.2.